The molecule has 1 saturated heterocycles. The van der Waals surface area contributed by atoms with E-state index in [4.69, 9.17) is 14.2 Å². The number of carbonyl (C=O) groups excluding carboxylic acids is 3. The highest BCUT2D eigenvalue weighted by Crippen LogP contribution is 2.43. The number of nitrogens with one attached hydrogen (secondary N) is 1. The summed E-state index contributed by atoms with van der Waals surface area (Å²) in [5, 5.41) is 12.7. The van der Waals surface area contributed by atoms with Crippen molar-refractivity contribution in [3.63, 3.8) is 0 Å². The molecule has 0 atom stereocenters. The van der Waals surface area contributed by atoms with Crippen LogP contribution >= 0.6 is 0 Å². The van der Waals surface area contributed by atoms with Crippen LogP contribution in [0.5, 0.6) is 11.5 Å². The highest BCUT2D eigenvalue weighted by Gasteiger charge is 2.38. The van der Waals surface area contributed by atoms with Crippen LogP contribution in [0.25, 0.3) is 0 Å². The standard InChI is InChI=1S/C20H26N2O7/c1-27-14-5-8-21-17(18(14)25)19(26)22-13-11-28-15(23)9-20(6-3-2-4-7-20)10-16(24)29-12-13/h5,8,13,25H,2-4,6-7,9-12H2,1H3,(H,22,26). The second-order valence-electron chi connectivity index (χ2n) is 7.66. The van der Waals surface area contributed by atoms with Gasteiger partial charge in [0.2, 0.25) is 0 Å². The first-order chi connectivity index (χ1) is 13.9. The fourth-order valence-electron chi connectivity index (χ4n) is 3.97. The molecule has 2 aliphatic rings. The normalized spacial score (nSPS) is 20.4. The number of rotatable bonds is 3. The monoisotopic (exact) mass is 406 g/mol. The van der Waals surface area contributed by atoms with Crippen molar-refractivity contribution in [3.8, 4) is 11.5 Å². The lowest BCUT2D eigenvalue weighted by Gasteiger charge is -2.36. The third-order valence-electron chi connectivity index (χ3n) is 5.50. The van der Waals surface area contributed by atoms with E-state index in [0.717, 1.165) is 32.1 Å². The molecule has 9 heteroatoms. The zero-order chi connectivity index (χ0) is 20.9. The zero-order valence-corrected chi connectivity index (χ0v) is 16.4. The Morgan fingerprint density at radius 3 is 2.38 bits per heavy atom. The smallest absolute Gasteiger partial charge is 0.306 e. The van der Waals surface area contributed by atoms with E-state index < -0.39 is 23.1 Å². The lowest BCUT2D eigenvalue weighted by molar-refractivity contribution is -0.156. The molecule has 0 bridgehead atoms. The minimum absolute atomic E-state index is 0.103. The lowest BCUT2D eigenvalue weighted by Crippen LogP contribution is -2.44. The van der Waals surface area contributed by atoms with Crippen LogP contribution in [0.2, 0.25) is 0 Å². The molecule has 158 valence electrons. The quantitative estimate of drug-likeness (QED) is 0.727. The maximum atomic E-state index is 12.5. The average Bonchev–Trinajstić information content (AvgIpc) is 2.70. The Bertz CT molecular complexity index is 750. The number of hydrogen-bond acceptors (Lipinski definition) is 8. The molecule has 1 aromatic heterocycles. The fraction of sp³-hybridized carbons (Fsp3) is 0.600. The summed E-state index contributed by atoms with van der Waals surface area (Å²) in [4.78, 5) is 41.1. The molecule has 2 heterocycles. The first-order valence-corrected chi connectivity index (χ1v) is 9.76. The molecule has 0 unspecified atom stereocenters. The summed E-state index contributed by atoms with van der Waals surface area (Å²) in [6.07, 6.45) is 6.33. The number of pyridine rings is 1. The van der Waals surface area contributed by atoms with Gasteiger partial charge in [0.05, 0.1) is 26.0 Å². The maximum Gasteiger partial charge on any atom is 0.306 e. The Kier molecular flexibility index (Phi) is 6.56. The number of nitrogens with zero attached hydrogens (tertiary/aromatic N) is 1. The number of hydrogen-bond donors (Lipinski definition) is 2. The van der Waals surface area contributed by atoms with E-state index in [1.165, 1.54) is 19.4 Å². The molecular weight excluding hydrogens is 380 g/mol. The van der Waals surface area contributed by atoms with Gasteiger partial charge < -0.3 is 24.6 Å². The summed E-state index contributed by atoms with van der Waals surface area (Å²) in [7, 11) is 1.36. The average molecular weight is 406 g/mol. The van der Waals surface area contributed by atoms with Crippen LogP contribution in [0, 0.1) is 5.41 Å². The topological polar surface area (TPSA) is 124 Å². The largest absolute Gasteiger partial charge is 0.503 e. The number of esters is 2. The Labute approximate surface area is 168 Å². The predicted molar refractivity (Wildman–Crippen MR) is 100 cm³/mol. The molecule has 1 aliphatic heterocycles. The van der Waals surface area contributed by atoms with Crippen molar-refractivity contribution in [2.75, 3.05) is 20.3 Å². The first-order valence-electron chi connectivity index (χ1n) is 9.76. The minimum atomic E-state index is -0.761. The molecule has 29 heavy (non-hydrogen) atoms. The number of methoxy groups -OCH3 is 1. The van der Waals surface area contributed by atoms with Gasteiger partial charge in [0.1, 0.15) is 13.2 Å². The fourth-order valence-corrected chi connectivity index (χ4v) is 3.97. The Morgan fingerprint density at radius 2 is 1.79 bits per heavy atom. The van der Waals surface area contributed by atoms with Crippen LogP contribution in [0.3, 0.4) is 0 Å². The van der Waals surface area contributed by atoms with Crippen molar-refractivity contribution < 1.29 is 33.7 Å². The molecule has 1 aliphatic carbocycles. The number of aromatic hydroxyl groups is 1. The van der Waals surface area contributed by atoms with Gasteiger partial charge in [0.15, 0.2) is 17.2 Å². The number of amides is 1. The molecule has 1 spiro atoms. The highest BCUT2D eigenvalue weighted by atomic mass is 16.5. The van der Waals surface area contributed by atoms with Gasteiger partial charge in [0.25, 0.3) is 5.91 Å². The van der Waals surface area contributed by atoms with Crippen LogP contribution in [0.15, 0.2) is 12.3 Å². The second-order valence-corrected chi connectivity index (χ2v) is 7.66. The summed E-state index contributed by atoms with van der Waals surface area (Å²) >= 11 is 0. The summed E-state index contributed by atoms with van der Waals surface area (Å²) in [6.45, 7) is -0.280. The van der Waals surface area contributed by atoms with Crippen molar-refractivity contribution in [2.45, 2.75) is 51.0 Å². The Morgan fingerprint density at radius 1 is 1.17 bits per heavy atom. The number of carbonyl (C=O) groups is 3. The van der Waals surface area contributed by atoms with Gasteiger partial charge in [-0.15, -0.1) is 0 Å². The highest BCUT2D eigenvalue weighted by molar-refractivity contribution is 5.95. The van der Waals surface area contributed by atoms with Crippen LogP contribution in [-0.4, -0.2) is 54.3 Å². The molecular formula is C20H26N2O7. The molecule has 2 N–H and O–H groups in total. The van der Waals surface area contributed by atoms with Crippen LogP contribution in [0.4, 0.5) is 0 Å². The number of cyclic esters (lactones) is 2. The minimum Gasteiger partial charge on any atom is -0.503 e. The molecule has 0 radical (unpaired) electrons. The maximum absolute atomic E-state index is 12.5. The molecule has 1 saturated carbocycles. The van der Waals surface area contributed by atoms with E-state index >= 15 is 0 Å². The molecule has 9 nitrogen and oxygen atoms in total. The molecule has 3 rings (SSSR count). The van der Waals surface area contributed by atoms with Crippen molar-refractivity contribution in [2.24, 2.45) is 5.41 Å². The molecule has 0 aromatic carbocycles. The molecule has 1 aromatic rings. The van der Waals surface area contributed by atoms with Crippen molar-refractivity contribution >= 4 is 17.8 Å². The number of aromatic nitrogens is 1. The van der Waals surface area contributed by atoms with Gasteiger partial charge in [0, 0.05) is 12.3 Å². The van der Waals surface area contributed by atoms with E-state index in [0.29, 0.717) is 0 Å². The number of ether oxygens (including phenoxy) is 3. The first kappa shape index (κ1) is 20.9. The molecule has 2 fully saturated rings. The van der Waals surface area contributed by atoms with E-state index in [-0.39, 0.29) is 49.4 Å². The Balaban J connectivity index is 1.67. The van der Waals surface area contributed by atoms with E-state index in [2.05, 4.69) is 10.3 Å². The third kappa shape index (κ3) is 5.16. The summed E-state index contributed by atoms with van der Waals surface area (Å²) in [5.41, 5.74) is -0.626. The summed E-state index contributed by atoms with van der Waals surface area (Å²) < 4.78 is 15.7. The van der Waals surface area contributed by atoms with E-state index in [1.807, 2.05) is 0 Å². The van der Waals surface area contributed by atoms with Crippen molar-refractivity contribution in [3.05, 3.63) is 18.0 Å². The van der Waals surface area contributed by atoms with Gasteiger partial charge in [-0.1, -0.05) is 19.3 Å². The van der Waals surface area contributed by atoms with E-state index in [1.54, 1.807) is 0 Å². The van der Waals surface area contributed by atoms with Gasteiger partial charge in [-0.05, 0) is 18.3 Å². The Hall–Kier alpha value is -2.84. The third-order valence-corrected chi connectivity index (χ3v) is 5.50. The lowest BCUT2D eigenvalue weighted by atomic mass is 9.69. The van der Waals surface area contributed by atoms with E-state index in [9.17, 15) is 19.5 Å². The van der Waals surface area contributed by atoms with Crippen LogP contribution < -0.4 is 10.1 Å². The second kappa shape index (κ2) is 9.11. The van der Waals surface area contributed by atoms with Gasteiger partial charge in [-0.3, -0.25) is 14.4 Å². The van der Waals surface area contributed by atoms with Crippen molar-refractivity contribution in [1.29, 1.82) is 0 Å². The zero-order valence-electron chi connectivity index (χ0n) is 16.4. The van der Waals surface area contributed by atoms with Crippen LogP contribution in [-0.2, 0) is 19.1 Å². The summed E-state index contributed by atoms with van der Waals surface area (Å²) in [5.74, 6) is -1.77. The molecule has 1 amide bonds. The SMILES string of the molecule is COc1ccnc(C(=O)NC2COC(=O)CC3(CCCCC3)CC(=O)OC2)c1O. The summed E-state index contributed by atoms with van der Waals surface area (Å²) in [6, 6.07) is 0.656. The van der Waals surface area contributed by atoms with Crippen molar-refractivity contribution in [1.82, 2.24) is 10.3 Å². The van der Waals surface area contributed by atoms with Gasteiger partial charge in [-0.25, -0.2) is 4.98 Å². The van der Waals surface area contributed by atoms with Gasteiger partial charge >= 0.3 is 11.9 Å². The van der Waals surface area contributed by atoms with Crippen LogP contribution in [0.1, 0.15) is 55.4 Å². The van der Waals surface area contributed by atoms with Gasteiger partial charge in [-0.2, -0.15) is 0 Å². The predicted octanol–water partition coefficient (Wildman–Crippen LogP) is 1.72.